The number of hydrogen-bond acceptors (Lipinski definition) is 6. The van der Waals surface area contributed by atoms with Crippen LogP contribution in [0.2, 0.25) is 0 Å². The van der Waals surface area contributed by atoms with E-state index in [1.807, 2.05) is 30.5 Å². The van der Waals surface area contributed by atoms with Gasteiger partial charge < -0.3 is 20.7 Å². The van der Waals surface area contributed by atoms with Crippen LogP contribution in [-0.4, -0.2) is 47.7 Å². The summed E-state index contributed by atoms with van der Waals surface area (Å²) in [7, 11) is 0. The average Bonchev–Trinajstić information content (AvgIpc) is 2.83. The van der Waals surface area contributed by atoms with Gasteiger partial charge >= 0.3 is 0 Å². The van der Waals surface area contributed by atoms with Gasteiger partial charge in [-0.05, 0) is 61.8 Å². The highest BCUT2D eigenvalue weighted by molar-refractivity contribution is 6.12. The van der Waals surface area contributed by atoms with Gasteiger partial charge in [-0.15, -0.1) is 0 Å². The molecule has 0 radical (unpaired) electrons. The Labute approximate surface area is 200 Å². The minimum Gasteiger partial charge on any atom is -0.377 e. The Hall–Kier alpha value is -3.03. The van der Waals surface area contributed by atoms with Crippen LogP contribution in [0.15, 0.2) is 48.9 Å². The van der Waals surface area contributed by atoms with Crippen molar-refractivity contribution in [3.8, 4) is 0 Å². The minimum atomic E-state index is -0.173. The van der Waals surface area contributed by atoms with Crippen molar-refractivity contribution in [2.45, 2.75) is 51.1 Å². The van der Waals surface area contributed by atoms with Crippen molar-refractivity contribution < 1.29 is 9.53 Å². The van der Waals surface area contributed by atoms with Gasteiger partial charge in [0.15, 0.2) is 0 Å². The SMILES string of the molecule is C[C@@H]1C[C@H](N)C[C@H](c2ccncc2NC(=O)c2cccc3cc(N4CCOC[C@H]4C)cnc23)C1. The number of para-hydroxylation sites is 1. The summed E-state index contributed by atoms with van der Waals surface area (Å²) in [4.78, 5) is 24.7. The number of fused-ring (bicyclic) bond motifs is 1. The van der Waals surface area contributed by atoms with E-state index in [0.717, 1.165) is 48.1 Å². The van der Waals surface area contributed by atoms with Gasteiger partial charge in [0, 0.05) is 30.2 Å². The summed E-state index contributed by atoms with van der Waals surface area (Å²) in [5, 5.41) is 4.07. The molecular formula is C27H33N5O2. The normalized spacial score (nSPS) is 25.3. The van der Waals surface area contributed by atoms with Crippen LogP contribution in [0.25, 0.3) is 10.9 Å². The molecule has 0 spiro atoms. The number of hydrogen-bond donors (Lipinski definition) is 2. The molecular weight excluding hydrogens is 426 g/mol. The molecule has 2 fully saturated rings. The number of morpholine rings is 1. The Balaban J connectivity index is 1.41. The van der Waals surface area contributed by atoms with Crippen LogP contribution in [0.5, 0.6) is 0 Å². The van der Waals surface area contributed by atoms with Crippen LogP contribution < -0.4 is 16.0 Å². The molecule has 34 heavy (non-hydrogen) atoms. The largest absolute Gasteiger partial charge is 0.377 e. The fourth-order valence-electron chi connectivity index (χ4n) is 5.57. The lowest BCUT2D eigenvalue weighted by Gasteiger charge is -2.35. The molecule has 178 valence electrons. The van der Waals surface area contributed by atoms with Gasteiger partial charge in [-0.25, -0.2) is 0 Å². The number of aromatic nitrogens is 2. The lowest BCUT2D eigenvalue weighted by molar-refractivity contribution is 0.0989. The number of nitrogens with one attached hydrogen (secondary N) is 1. The number of benzene rings is 1. The smallest absolute Gasteiger partial charge is 0.257 e. The predicted octanol–water partition coefficient (Wildman–Crippen LogP) is 4.34. The van der Waals surface area contributed by atoms with Gasteiger partial charge in [0.25, 0.3) is 5.91 Å². The molecule has 0 bridgehead atoms. The lowest BCUT2D eigenvalue weighted by atomic mass is 9.76. The summed E-state index contributed by atoms with van der Waals surface area (Å²) in [6.45, 7) is 6.65. The van der Waals surface area contributed by atoms with Crippen LogP contribution in [0.1, 0.15) is 54.9 Å². The number of rotatable bonds is 4. The highest BCUT2D eigenvalue weighted by Crippen LogP contribution is 2.38. The van der Waals surface area contributed by atoms with Crippen molar-refractivity contribution in [3.63, 3.8) is 0 Å². The highest BCUT2D eigenvalue weighted by atomic mass is 16.5. The van der Waals surface area contributed by atoms with E-state index in [9.17, 15) is 4.79 Å². The molecule has 1 amide bonds. The zero-order chi connectivity index (χ0) is 23.7. The third-order valence-electron chi connectivity index (χ3n) is 7.16. The van der Waals surface area contributed by atoms with Gasteiger partial charge in [-0.3, -0.25) is 14.8 Å². The first kappa shape index (κ1) is 22.7. The van der Waals surface area contributed by atoms with Crippen LogP contribution in [-0.2, 0) is 4.74 Å². The van der Waals surface area contributed by atoms with E-state index in [0.29, 0.717) is 42.2 Å². The van der Waals surface area contributed by atoms with Crippen molar-refractivity contribution in [1.82, 2.24) is 9.97 Å². The van der Waals surface area contributed by atoms with Crippen molar-refractivity contribution >= 4 is 28.2 Å². The van der Waals surface area contributed by atoms with Crippen molar-refractivity contribution in [2.75, 3.05) is 30.0 Å². The summed E-state index contributed by atoms with van der Waals surface area (Å²) >= 11 is 0. The molecule has 1 aliphatic heterocycles. The van der Waals surface area contributed by atoms with Crippen LogP contribution in [0.4, 0.5) is 11.4 Å². The molecule has 0 unspecified atom stereocenters. The van der Waals surface area contributed by atoms with E-state index in [1.165, 1.54) is 0 Å². The van der Waals surface area contributed by atoms with Crippen LogP contribution in [0, 0.1) is 5.92 Å². The zero-order valence-electron chi connectivity index (χ0n) is 19.9. The van der Waals surface area contributed by atoms with E-state index in [4.69, 9.17) is 15.5 Å². The predicted molar refractivity (Wildman–Crippen MR) is 135 cm³/mol. The number of amides is 1. The van der Waals surface area contributed by atoms with Gasteiger partial charge in [0.1, 0.15) is 0 Å². The second-order valence-corrected chi connectivity index (χ2v) is 9.87. The van der Waals surface area contributed by atoms with E-state index in [1.54, 1.807) is 12.4 Å². The van der Waals surface area contributed by atoms with E-state index in [2.05, 4.69) is 35.1 Å². The Morgan fingerprint density at radius 2 is 2.06 bits per heavy atom. The summed E-state index contributed by atoms with van der Waals surface area (Å²) in [6, 6.07) is 10.4. The second-order valence-electron chi connectivity index (χ2n) is 9.87. The molecule has 1 saturated carbocycles. The minimum absolute atomic E-state index is 0.173. The monoisotopic (exact) mass is 459 g/mol. The maximum atomic E-state index is 13.4. The number of ether oxygens (including phenoxy) is 1. The maximum Gasteiger partial charge on any atom is 0.257 e. The standard InChI is InChI=1S/C27H33N5O2/c1-17-10-20(12-21(28)11-17)23-6-7-29-15-25(23)31-27(33)24-5-3-4-19-13-22(14-30-26(19)24)32-8-9-34-16-18(32)2/h3-7,13-15,17-18,20-21H,8-12,16,28H2,1-2H3,(H,31,33)/t17-,18+,20+,21-/m0/s1. The number of nitrogens with zero attached hydrogens (tertiary/aromatic N) is 3. The first-order chi connectivity index (χ1) is 16.5. The summed E-state index contributed by atoms with van der Waals surface area (Å²) in [5.74, 6) is 0.713. The molecule has 4 atom stereocenters. The van der Waals surface area contributed by atoms with Crippen molar-refractivity contribution in [3.05, 3.63) is 60.0 Å². The average molecular weight is 460 g/mol. The molecule has 2 aliphatic rings. The van der Waals surface area contributed by atoms with E-state index >= 15 is 0 Å². The molecule has 3 aromatic rings. The third kappa shape index (κ3) is 4.63. The molecule has 3 heterocycles. The Bertz CT molecular complexity index is 1170. The van der Waals surface area contributed by atoms with Crippen molar-refractivity contribution in [1.29, 1.82) is 0 Å². The van der Waals surface area contributed by atoms with Crippen LogP contribution in [0.3, 0.4) is 0 Å². The first-order valence-corrected chi connectivity index (χ1v) is 12.2. The molecule has 7 nitrogen and oxygen atoms in total. The number of carbonyl (C=O) groups excluding carboxylic acids is 1. The quantitative estimate of drug-likeness (QED) is 0.603. The Kier molecular flexibility index (Phi) is 6.48. The topological polar surface area (TPSA) is 93.4 Å². The number of anilines is 2. The molecule has 2 aromatic heterocycles. The Morgan fingerprint density at radius 3 is 2.88 bits per heavy atom. The lowest BCUT2D eigenvalue weighted by Crippen LogP contribution is -2.43. The summed E-state index contributed by atoms with van der Waals surface area (Å²) in [6.07, 6.45) is 8.45. The number of nitrogens with two attached hydrogens (primary N) is 1. The van der Waals surface area contributed by atoms with Gasteiger partial charge in [0.2, 0.25) is 0 Å². The van der Waals surface area contributed by atoms with Crippen molar-refractivity contribution in [2.24, 2.45) is 11.7 Å². The molecule has 3 N–H and O–H groups in total. The third-order valence-corrected chi connectivity index (χ3v) is 7.16. The number of carbonyl (C=O) groups is 1. The molecule has 5 rings (SSSR count). The van der Waals surface area contributed by atoms with Gasteiger partial charge in [-0.2, -0.15) is 0 Å². The first-order valence-electron chi connectivity index (χ1n) is 12.2. The second kappa shape index (κ2) is 9.68. The molecule has 7 heteroatoms. The molecule has 1 aromatic carbocycles. The zero-order valence-corrected chi connectivity index (χ0v) is 19.9. The summed E-state index contributed by atoms with van der Waals surface area (Å²) in [5.41, 5.74) is 10.5. The van der Waals surface area contributed by atoms with Gasteiger partial charge in [-0.1, -0.05) is 19.1 Å². The summed E-state index contributed by atoms with van der Waals surface area (Å²) < 4.78 is 5.57. The Morgan fingerprint density at radius 1 is 1.18 bits per heavy atom. The fraction of sp³-hybridized carbons (Fsp3) is 0.444. The van der Waals surface area contributed by atoms with Gasteiger partial charge in [0.05, 0.1) is 48.1 Å². The highest BCUT2D eigenvalue weighted by Gasteiger charge is 2.28. The van der Waals surface area contributed by atoms with E-state index < -0.39 is 0 Å². The maximum absolute atomic E-state index is 13.4. The molecule has 1 saturated heterocycles. The van der Waals surface area contributed by atoms with E-state index in [-0.39, 0.29) is 11.9 Å². The fourth-order valence-corrected chi connectivity index (χ4v) is 5.57. The molecule has 1 aliphatic carbocycles. The van der Waals surface area contributed by atoms with Crippen LogP contribution >= 0.6 is 0 Å². The number of pyridine rings is 2.